The van der Waals surface area contributed by atoms with E-state index in [1.54, 1.807) is 11.3 Å². The van der Waals surface area contributed by atoms with E-state index in [9.17, 15) is 5.11 Å². The molecule has 1 aliphatic carbocycles. The van der Waals surface area contributed by atoms with Gasteiger partial charge < -0.3 is 10.8 Å². The number of aliphatic hydroxyl groups is 1. The predicted molar refractivity (Wildman–Crippen MR) is 76.2 cm³/mol. The zero-order chi connectivity index (χ0) is 12.3. The monoisotopic (exact) mass is 317 g/mol. The second-order valence-electron chi connectivity index (χ2n) is 5.02. The Morgan fingerprint density at radius 2 is 2.00 bits per heavy atom. The van der Waals surface area contributed by atoms with E-state index in [4.69, 9.17) is 5.73 Å². The average Bonchev–Trinajstić information content (AvgIpc) is 2.64. The van der Waals surface area contributed by atoms with Crippen molar-refractivity contribution in [2.24, 2.45) is 11.1 Å². The van der Waals surface area contributed by atoms with E-state index in [0.29, 0.717) is 6.54 Å². The van der Waals surface area contributed by atoms with E-state index in [0.717, 1.165) is 22.2 Å². The summed E-state index contributed by atoms with van der Waals surface area (Å²) in [4.78, 5) is 1.04. The first-order valence-electron chi connectivity index (χ1n) is 6.31. The van der Waals surface area contributed by atoms with Crippen molar-refractivity contribution >= 4 is 27.3 Å². The van der Waals surface area contributed by atoms with E-state index in [2.05, 4.69) is 15.9 Å². The molecule has 1 aromatic rings. The molecule has 1 unspecified atom stereocenters. The van der Waals surface area contributed by atoms with Crippen LogP contribution in [0.3, 0.4) is 0 Å². The predicted octanol–water partition coefficient (Wildman–Crippen LogP) is 3.84. The van der Waals surface area contributed by atoms with Crippen LogP contribution in [0.15, 0.2) is 15.9 Å². The average molecular weight is 318 g/mol. The molecule has 0 saturated heterocycles. The summed E-state index contributed by atoms with van der Waals surface area (Å²) in [5.41, 5.74) is 5.89. The Bertz CT molecular complexity index is 358. The van der Waals surface area contributed by atoms with Gasteiger partial charge in [0.2, 0.25) is 0 Å². The standard InChI is InChI=1S/C13H20BrNOS/c14-10-5-8-17-11(10)12(16)13(9-15)6-3-1-2-4-7-13/h5,8,12,16H,1-4,6-7,9,15H2. The Morgan fingerprint density at radius 3 is 2.47 bits per heavy atom. The Morgan fingerprint density at radius 1 is 1.35 bits per heavy atom. The summed E-state index contributed by atoms with van der Waals surface area (Å²) in [7, 11) is 0. The Labute approximate surface area is 115 Å². The number of halogens is 1. The molecule has 1 fully saturated rings. The van der Waals surface area contributed by atoms with Crippen molar-refractivity contribution < 1.29 is 5.11 Å². The molecule has 0 spiro atoms. The van der Waals surface area contributed by atoms with Crippen LogP contribution in [0.5, 0.6) is 0 Å². The van der Waals surface area contributed by atoms with Gasteiger partial charge >= 0.3 is 0 Å². The van der Waals surface area contributed by atoms with Crippen molar-refractivity contribution in [1.82, 2.24) is 0 Å². The maximum absolute atomic E-state index is 10.7. The van der Waals surface area contributed by atoms with Crippen molar-refractivity contribution in [1.29, 1.82) is 0 Å². The van der Waals surface area contributed by atoms with E-state index < -0.39 is 6.10 Å². The molecular weight excluding hydrogens is 298 g/mol. The summed E-state index contributed by atoms with van der Waals surface area (Å²) >= 11 is 5.14. The summed E-state index contributed by atoms with van der Waals surface area (Å²) in [5.74, 6) is 0. The Hall–Kier alpha value is 0.100. The first kappa shape index (κ1) is 13.5. The van der Waals surface area contributed by atoms with Crippen LogP contribution in [-0.2, 0) is 0 Å². The lowest BCUT2D eigenvalue weighted by Gasteiger charge is -2.36. The number of rotatable bonds is 3. The lowest BCUT2D eigenvalue weighted by Crippen LogP contribution is -2.36. The van der Waals surface area contributed by atoms with Gasteiger partial charge in [-0.2, -0.15) is 0 Å². The molecule has 0 radical (unpaired) electrons. The normalized spacial score (nSPS) is 22.1. The fourth-order valence-electron chi connectivity index (χ4n) is 2.80. The van der Waals surface area contributed by atoms with Gasteiger partial charge in [0.1, 0.15) is 0 Å². The number of aliphatic hydroxyl groups excluding tert-OH is 1. The van der Waals surface area contributed by atoms with Crippen molar-refractivity contribution in [3.63, 3.8) is 0 Å². The summed E-state index contributed by atoms with van der Waals surface area (Å²) in [6.45, 7) is 0.582. The highest BCUT2D eigenvalue weighted by molar-refractivity contribution is 9.10. The molecule has 3 N–H and O–H groups in total. The van der Waals surface area contributed by atoms with E-state index in [1.165, 1.54) is 25.7 Å². The minimum Gasteiger partial charge on any atom is -0.387 e. The van der Waals surface area contributed by atoms with Crippen molar-refractivity contribution in [3.8, 4) is 0 Å². The first-order valence-corrected chi connectivity index (χ1v) is 7.98. The van der Waals surface area contributed by atoms with Gasteiger partial charge in [0.15, 0.2) is 0 Å². The summed E-state index contributed by atoms with van der Waals surface area (Å²) in [5, 5.41) is 12.7. The Balaban J connectivity index is 2.24. The molecule has 2 rings (SSSR count). The minimum absolute atomic E-state index is 0.107. The van der Waals surface area contributed by atoms with Crippen molar-refractivity contribution in [3.05, 3.63) is 20.8 Å². The van der Waals surface area contributed by atoms with Crippen LogP contribution in [0.1, 0.15) is 49.5 Å². The van der Waals surface area contributed by atoms with Crippen LogP contribution in [0.2, 0.25) is 0 Å². The number of thiophene rings is 1. The molecule has 2 nitrogen and oxygen atoms in total. The van der Waals surface area contributed by atoms with Gasteiger partial charge in [0, 0.05) is 21.3 Å². The van der Waals surface area contributed by atoms with Crippen LogP contribution < -0.4 is 5.73 Å². The van der Waals surface area contributed by atoms with Gasteiger partial charge in [-0.05, 0) is 40.2 Å². The molecule has 1 aromatic heterocycles. The van der Waals surface area contributed by atoms with Crippen LogP contribution in [0.4, 0.5) is 0 Å². The third-order valence-corrected chi connectivity index (χ3v) is 5.90. The molecule has 1 aliphatic rings. The fourth-order valence-corrected chi connectivity index (χ4v) is 4.52. The smallest absolute Gasteiger partial charge is 0.0961 e. The highest BCUT2D eigenvalue weighted by Crippen LogP contribution is 2.47. The second kappa shape index (κ2) is 5.83. The highest BCUT2D eigenvalue weighted by Gasteiger charge is 2.39. The third-order valence-electron chi connectivity index (χ3n) is 3.98. The van der Waals surface area contributed by atoms with Gasteiger partial charge in [-0.15, -0.1) is 11.3 Å². The van der Waals surface area contributed by atoms with Crippen LogP contribution >= 0.6 is 27.3 Å². The molecule has 0 aliphatic heterocycles. The second-order valence-corrected chi connectivity index (χ2v) is 6.82. The molecule has 96 valence electrons. The fraction of sp³-hybridized carbons (Fsp3) is 0.692. The number of hydrogen-bond donors (Lipinski definition) is 2. The summed E-state index contributed by atoms with van der Waals surface area (Å²) in [6, 6.07) is 2.00. The molecular formula is C13H20BrNOS. The van der Waals surface area contributed by atoms with Crippen LogP contribution in [0.25, 0.3) is 0 Å². The molecule has 1 atom stereocenters. The van der Waals surface area contributed by atoms with Crippen molar-refractivity contribution in [2.45, 2.75) is 44.6 Å². The van der Waals surface area contributed by atoms with Gasteiger partial charge in [0.25, 0.3) is 0 Å². The van der Waals surface area contributed by atoms with Crippen molar-refractivity contribution in [2.75, 3.05) is 6.54 Å². The van der Waals surface area contributed by atoms with Crippen LogP contribution in [0, 0.1) is 5.41 Å². The third kappa shape index (κ3) is 2.75. The zero-order valence-corrected chi connectivity index (χ0v) is 12.4. The zero-order valence-electron chi connectivity index (χ0n) is 9.99. The SMILES string of the molecule is NCC1(C(O)c2sccc2Br)CCCCCC1. The number of hydrogen-bond acceptors (Lipinski definition) is 3. The van der Waals surface area contributed by atoms with Gasteiger partial charge in [0.05, 0.1) is 6.10 Å². The molecule has 4 heteroatoms. The maximum atomic E-state index is 10.7. The van der Waals surface area contributed by atoms with Gasteiger partial charge in [-0.25, -0.2) is 0 Å². The highest BCUT2D eigenvalue weighted by atomic mass is 79.9. The minimum atomic E-state index is -0.417. The Kier molecular flexibility index (Phi) is 4.64. The summed E-state index contributed by atoms with van der Waals surface area (Å²) in [6.07, 6.45) is 6.62. The molecule has 17 heavy (non-hydrogen) atoms. The molecule has 1 saturated carbocycles. The number of nitrogens with two attached hydrogens (primary N) is 1. The molecule has 1 heterocycles. The van der Waals surface area contributed by atoms with E-state index in [-0.39, 0.29) is 5.41 Å². The lowest BCUT2D eigenvalue weighted by molar-refractivity contribution is 0.0188. The van der Waals surface area contributed by atoms with E-state index >= 15 is 0 Å². The van der Waals surface area contributed by atoms with E-state index in [1.807, 2.05) is 11.4 Å². The largest absolute Gasteiger partial charge is 0.387 e. The quantitative estimate of drug-likeness (QED) is 0.832. The first-order chi connectivity index (χ1) is 8.19. The van der Waals surface area contributed by atoms with Crippen LogP contribution in [-0.4, -0.2) is 11.7 Å². The van der Waals surface area contributed by atoms with Gasteiger partial charge in [-0.1, -0.05) is 25.7 Å². The van der Waals surface area contributed by atoms with Gasteiger partial charge in [-0.3, -0.25) is 0 Å². The summed E-state index contributed by atoms with van der Waals surface area (Å²) < 4.78 is 1.02. The maximum Gasteiger partial charge on any atom is 0.0961 e. The molecule has 0 amide bonds. The molecule has 0 bridgehead atoms. The molecule has 0 aromatic carbocycles. The lowest BCUT2D eigenvalue weighted by atomic mass is 9.75. The topological polar surface area (TPSA) is 46.2 Å².